The van der Waals surface area contributed by atoms with E-state index in [0.29, 0.717) is 13.0 Å². The molecule has 0 aliphatic carbocycles. The van der Waals surface area contributed by atoms with Crippen molar-refractivity contribution < 1.29 is 18.0 Å². The van der Waals surface area contributed by atoms with Crippen molar-refractivity contribution in [3.8, 4) is 0 Å². The van der Waals surface area contributed by atoms with E-state index in [2.05, 4.69) is 10.6 Å². The molecule has 0 saturated carbocycles. The van der Waals surface area contributed by atoms with Crippen LogP contribution >= 0.6 is 0 Å². The standard InChI is InChI=1S/C26H28N2O4S/c1-4-5-25(29)28-23-16-21(26(30)27-17-20-10-6-18(2)7-11-20)12-15-24(23)33(31,32)22-13-8-19(3)9-14-22/h6-16H,4-5,17H2,1-3H3,(H,27,30)(H,28,29). The summed E-state index contributed by atoms with van der Waals surface area (Å²) in [4.78, 5) is 25.1. The van der Waals surface area contributed by atoms with E-state index in [9.17, 15) is 18.0 Å². The Kier molecular flexibility index (Phi) is 7.66. The highest BCUT2D eigenvalue weighted by atomic mass is 32.2. The Labute approximate surface area is 195 Å². The molecule has 0 bridgehead atoms. The molecule has 0 atom stereocenters. The van der Waals surface area contributed by atoms with E-state index >= 15 is 0 Å². The normalized spacial score (nSPS) is 11.1. The van der Waals surface area contributed by atoms with Gasteiger partial charge < -0.3 is 10.6 Å². The van der Waals surface area contributed by atoms with Crippen LogP contribution in [0.5, 0.6) is 0 Å². The number of aryl methyl sites for hydroxylation is 2. The van der Waals surface area contributed by atoms with Crippen LogP contribution in [0.2, 0.25) is 0 Å². The first-order valence-electron chi connectivity index (χ1n) is 10.8. The molecule has 0 aromatic heterocycles. The fourth-order valence-electron chi connectivity index (χ4n) is 3.28. The molecule has 2 N–H and O–H groups in total. The summed E-state index contributed by atoms with van der Waals surface area (Å²) in [6.07, 6.45) is 0.858. The third-order valence-corrected chi connectivity index (χ3v) is 7.02. The Balaban J connectivity index is 1.92. The molecule has 7 heteroatoms. The SMILES string of the molecule is CCCC(=O)Nc1cc(C(=O)NCc2ccc(C)cc2)ccc1S(=O)(=O)c1ccc(C)cc1. The van der Waals surface area contributed by atoms with Crippen LogP contribution in [0.15, 0.2) is 76.5 Å². The lowest BCUT2D eigenvalue weighted by molar-refractivity contribution is -0.116. The van der Waals surface area contributed by atoms with Crippen LogP contribution in [-0.2, 0) is 21.2 Å². The number of rotatable bonds is 8. The quantitative estimate of drug-likeness (QED) is 0.501. The Bertz CT molecular complexity index is 1250. The van der Waals surface area contributed by atoms with Crippen LogP contribution in [0, 0.1) is 13.8 Å². The molecular formula is C26H28N2O4S. The number of hydrogen-bond donors (Lipinski definition) is 2. The van der Waals surface area contributed by atoms with Gasteiger partial charge in [-0.25, -0.2) is 8.42 Å². The highest BCUT2D eigenvalue weighted by Crippen LogP contribution is 2.29. The van der Waals surface area contributed by atoms with Gasteiger partial charge in [-0.1, -0.05) is 54.4 Å². The van der Waals surface area contributed by atoms with E-state index < -0.39 is 9.84 Å². The van der Waals surface area contributed by atoms with Crippen LogP contribution in [0.4, 0.5) is 5.69 Å². The van der Waals surface area contributed by atoms with Crippen LogP contribution in [0.3, 0.4) is 0 Å². The zero-order valence-corrected chi connectivity index (χ0v) is 19.8. The summed E-state index contributed by atoms with van der Waals surface area (Å²) in [6.45, 7) is 6.05. The number of benzene rings is 3. The number of hydrogen-bond acceptors (Lipinski definition) is 4. The molecule has 172 valence electrons. The van der Waals surface area contributed by atoms with Gasteiger partial charge in [0.05, 0.1) is 15.5 Å². The van der Waals surface area contributed by atoms with Crippen molar-refractivity contribution in [3.63, 3.8) is 0 Å². The van der Waals surface area contributed by atoms with Crippen molar-refractivity contribution in [3.05, 3.63) is 89.0 Å². The van der Waals surface area contributed by atoms with Gasteiger partial charge in [0, 0.05) is 18.5 Å². The maximum absolute atomic E-state index is 13.3. The van der Waals surface area contributed by atoms with Crippen molar-refractivity contribution in [2.24, 2.45) is 0 Å². The largest absolute Gasteiger partial charge is 0.348 e. The van der Waals surface area contributed by atoms with Crippen LogP contribution < -0.4 is 10.6 Å². The van der Waals surface area contributed by atoms with E-state index in [-0.39, 0.29) is 39.3 Å². The molecule has 0 radical (unpaired) electrons. The number of carbonyl (C=O) groups is 2. The van der Waals surface area contributed by atoms with Gasteiger partial charge >= 0.3 is 0 Å². The second kappa shape index (κ2) is 10.4. The molecule has 6 nitrogen and oxygen atoms in total. The van der Waals surface area contributed by atoms with Crippen molar-refractivity contribution in [2.45, 2.75) is 49.9 Å². The van der Waals surface area contributed by atoms with Crippen LogP contribution in [0.1, 0.15) is 46.8 Å². The molecule has 0 heterocycles. The number of carbonyl (C=O) groups excluding carboxylic acids is 2. The topological polar surface area (TPSA) is 92.3 Å². The summed E-state index contributed by atoms with van der Waals surface area (Å²) in [5, 5.41) is 5.51. The monoisotopic (exact) mass is 464 g/mol. The summed E-state index contributed by atoms with van der Waals surface area (Å²) in [5.74, 6) is -0.670. The smallest absolute Gasteiger partial charge is 0.251 e. The average Bonchev–Trinajstić information content (AvgIpc) is 2.78. The third kappa shape index (κ3) is 6.08. The first-order valence-corrected chi connectivity index (χ1v) is 12.3. The lowest BCUT2D eigenvalue weighted by Crippen LogP contribution is -2.23. The van der Waals surface area contributed by atoms with Gasteiger partial charge in [-0.3, -0.25) is 9.59 Å². The first-order chi connectivity index (χ1) is 15.7. The van der Waals surface area contributed by atoms with Gasteiger partial charge in [0.2, 0.25) is 15.7 Å². The molecule has 0 spiro atoms. The van der Waals surface area contributed by atoms with Gasteiger partial charge in [0.15, 0.2) is 0 Å². The number of amides is 2. The molecule has 3 aromatic carbocycles. The zero-order valence-electron chi connectivity index (χ0n) is 19.0. The van der Waals surface area contributed by atoms with E-state index in [4.69, 9.17) is 0 Å². The minimum Gasteiger partial charge on any atom is -0.348 e. The second-order valence-corrected chi connectivity index (χ2v) is 9.91. The van der Waals surface area contributed by atoms with Gasteiger partial charge in [-0.2, -0.15) is 0 Å². The summed E-state index contributed by atoms with van der Waals surface area (Å²) in [6, 6.07) is 18.5. The Morgan fingerprint density at radius 1 is 0.848 bits per heavy atom. The van der Waals surface area contributed by atoms with E-state index in [1.165, 1.54) is 30.3 Å². The number of anilines is 1. The molecule has 0 fully saturated rings. The fourth-order valence-corrected chi connectivity index (χ4v) is 4.67. The van der Waals surface area contributed by atoms with Crippen molar-refractivity contribution >= 4 is 27.3 Å². The van der Waals surface area contributed by atoms with Crippen LogP contribution in [-0.4, -0.2) is 20.2 Å². The highest BCUT2D eigenvalue weighted by molar-refractivity contribution is 7.91. The first kappa shape index (κ1) is 24.2. The Morgan fingerprint density at radius 3 is 2.06 bits per heavy atom. The number of sulfone groups is 1. The van der Waals surface area contributed by atoms with Gasteiger partial charge in [0.25, 0.3) is 5.91 Å². The molecule has 0 aliphatic heterocycles. The highest BCUT2D eigenvalue weighted by Gasteiger charge is 2.23. The summed E-state index contributed by atoms with van der Waals surface area (Å²) in [7, 11) is -3.90. The lowest BCUT2D eigenvalue weighted by Gasteiger charge is -2.14. The minimum absolute atomic E-state index is 0.0501. The van der Waals surface area contributed by atoms with Crippen molar-refractivity contribution in [2.75, 3.05) is 5.32 Å². The summed E-state index contributed by atoms with van der Waals surface area (Å²) in [5.41, 5.74) is 3.37. The molecular weight excluding hydrogens is 436 g/mol. The summed E-state index contributed by atoms with van der Waals surface area (Å²) < 4.78 is 26.5. The molecule has 0 unspecified atom stereocenters. The summed E-state index contributed by atoms with van der Waals surface area (Å²) >= 11 is 0. The van der Waals surface area contributed by atoms with E-state index in [1.807, 2.05) is 45.0 Å². The third-order valence-electron chi connectivity index (χ3n) is 5.19. The lowest BCUT2D eigenvalue weighted by atomic mass is 10.1. The van der Waals surface area contributed by atoms with Gasteiger partial charge in [-0.15, -0.1) is 0 Å². The molecule has 2 amide bonds. The van der Waals surface area contributed by atoms with E-state index in [1.54, 1.807) is 12.1 Å². The maximum atomic E-state index is 13.3. The Morgan fingerprint density at radius 2 is 1.45 bits per heavy atom. The molecule has 0 saturated heterocycles. The maximum Gasteiger partial charge on any atom is 0.251 e. The molecule has 33 heavy (non-hydrogen) atoms. The molecule has 3 aromatic rings. The minimum atomic E-state index is -3.90. The van der Waals surface area contributed by atoms with Crippen molar-refractivity contribution in [1.29, 1.82) is 0 Å². The number of nitrogens with one attached hydrogen (secondary N) is 2. The van der Waals surface area contributed by atoms with Gasteiger partial charge in [-0.05, 0) is 56.2 Å². The fraction of sp³-hybridized carbons (Fsp3) is 0.231. The predicted octanol–water partition coefficient (Wildman–Crippen LogP) is 4.80. The van der Waals surface area contributed by atoms with Crippen LogP contribution in [0.25, 0.3) is 0 Å². The van der Waals surface area contributed by atoms with Crippen molar-refractivity contribution in [1.82, 2.24) is 5.32 Å². The Hall–Kier alpha value is -3.45. The predicted molar refractivity (Wildman–Crippen MR) is 129 cm³/mol. The zero-order chi connectivity index (χ0) is 24.0. The average molecular weight is 465 g/mol. The van der Waals surface area contributed by atoms with E-state index in [0.717, 1.165) is 16.7 Å². The molecule has 0 aliphatic rings. The second-order valence-electron chi connectivity index (χ2n) is 7.99. The van der Waals surface area contributed by atoms with Gasteiger partial charge in [0.1, 0.15) is 0 Å². The molecule has 3 rings (SSSR count).